The van der Waals surface area contributed by atoms with Gasteiger partial charge in [-0.3, -0.25) is 0 Å². The summed E-state index contributed by atoms with van der Waals surface area (Å²) in [4.78, 5) is 0. The van der Waals surface area contributed by atoms with Crippen molar-refractivity contribution in [3.63, 3.8) is 0 Å². The third kappa shape index (κ3) is 4.26. The van der Waals surface area contributed by atoms with E-state index in [4.69, 9.17) is 0 Å². The van der Waals surface area contributed by atoms with Crippen LogP contribution < -0.4 is 0 Å². The molecule has 0 saturated carbocycles. The molecule has 0 aromatic heterocycles. The average Bonchev–Trinajstić information content (AvgIpc) is 2.73. The lowest BCUT2D eigenvalue weighted by Gasteiger charge is -2.10. The Morgan fingerprint density at radius 1 is 0.645 bits per heavy atom. The molecule has 0 aliphatic rings. The van der Waals surface area contributed by atoms with Crippen LogP contribution in [0, 0.1) is 29.3 Å². The molecule has 6 heteroatoms. The molecule has 4 aromatic carbocycles. The largest absolute Gasteiger partial charge is 0.458 e. The first-order valence-electron chi connectivity index (χ1n) is 9.10. The fourth-order valence-corrected chi connectivity index (χ4v) is 3.31. The summed E-state index contributed by atoms with van der Waals surface area (Å²) in [6.45, 7) is 0. The fourth-order valence-electron chi connectivity index (χ4n) is 3.31. The van der Waals surface area contributed by atoms with Crippen molar-refractivity contribution in [2.45, 2.75) is 6.18 Å². The molecule has 4 aromatic rings. The number of fused-ring (bicyclic) bond motifs is 1. The van der Waals surface area contributed by atoms with Gasteiger partial charge >= 0.3 is 6.18 Å². The second-order valence-corrected chi connectivity index (χ2v) is 6.79. The number of alkyl halides is 3. The molecule has 4 rings (SSSR count). The van der Waals surface area contributed by atoms with E-state index in [9.17, 15) is 26.3 Å². The zero-order chi connectivity index (χ0) is 22.2. The summed E-state index contributed by atoms with van der Waals surface area (Å²) < 4.78 is 80.4. The Kier molecular flexibility index (Phi) is 5.20. The fraction of sp³-hybridized carbons (Fsp3) is 0.0400. The summed E-state index contributed by atoms with van der Waals surface area (Å²) in [5.74, 6) is -0.565. The molecule has 0 N–H and O–H groups in total. The van der Waals surface area contributed by atoms with Crippen LogP contribution in [0.3, 0.4) is 0 Å². The Morgan fingerprint density at radius 2 is 1.35 bits per heavy atom. The molecule has 0 bridgehead atoms. The molecule has 0 nitrogen and oxygen atoms in total. The van der Waals surface area contributed by atoms with Gasteiger partial charge < -0.3 is 0 Å². The molecule has 0 aliphatic carbocycles. The van der Waals surface area contributed by atoms with Crippen LogP contribution in [-0.4, -0.2) is 6.18 Å². The zero-order valence-electron chi connectivity index (χ0n) is 15.7. The van der Waals surface area contributed by atoms with Crippen molar-refractivity contribution in [2.75, 3.05) is 0 Å². The molecule has 154 valence electrons. The minimum Gasteiger partial charge on any atom is -0.206 e. The van der Waals surface area contributed by atoms with Gasteiger partial charge in [0.05, 0.1) is 5.56 Å². The summed E-state index contributed by atoms with van der Waals surface area (Å²) >= 11 is 0. The monoisotopic (exact) mass is 426 g/mol. The van der Waals surface area contributed by atoms with Gasteiger partial charge in [-0.1, -0.05) is 60.5 Å². The van der Waals surface area contributed by atoms with Crippen LogP contribution in [0.5, 0.6) is 0 Å². The lowest BCUT2D eigenvalue weighted by molar-refractivity contribution is -0.0696. The Bertz CT molecular complexity index is 1340. The molecule has 0 spiro atoms. The van der Waals surface area contributed by atoms with Crippen molar-refractivity contribution in [1.82, 2.24) is 0 Å². The summed E-state index contributed by atoms with van der Waals surface area (Å²) in [6.07, 6.45) is -4.87. The predicted molar refractivity (Wildman–Crippen MR) is 108 cm³/mol. The van der Waals surface area contributed by atoms with E-state index in [0.29, 0.717) is 11.1 Å². The van der Waals surface area contributed by atoms with Crippen LogP contribution in [0.4, 0.5) is 26.3 Å². The molecule has 0 unspecified atom stereocenters. The van der Waals surface area contributed by atoms with Crippen LogP contribution in [0.15, 0.2) is 72.8 Å². The van der Waals surface area contributed by atoms with Crippen molar-refractivity contribution in [3.05, 3.63) is 95.8 Å². The molecule has 0 saturated heterocycles. The van der Waals surface area contributed by atoms with Crippen LogP contribution in [0.25, 0.3) is 33.0 Å². The van der Waals surface area contributed by atoms with Crippen molar-refractivity contribution in [3.8, 4) is 34.1 Å². The third-order valence-electron chi connectivity index (χ3n) is 4.75. The Morgan fingerprint density at radius 3 is 2.03 bits per heavy atom. The molecule has 0 heterocycles. The Labute approximate surface area is 173 Å². The minimum absolute atomic E-state index is 0.0802. The first kappa shape index (κ1) is 20.5. The number of hydrogen-bond acceptors (Lipinski definition) is 0. The van der Waals surface area contributed by atoms with Gasteiger partial charge in [-0.25, -0.2) is 13.2 Å². The highest BCUT2D eigenvalue weighted by Crippen LogP contribution is 2.32. The van der Waals surface area contributed by atoms with Crippen molar-refractivity contribution < 1.29 is 26.3 Å². The zero-order valence-corrected chi connectivity index (χ0v) is 15.7. The lowest BCUT2D eigenvalue weighted by atomic mass is 9.96. The smallest absolute Gasteiger partial charge is 0.206 e. The quantitative estimate of drug-likeness (QED) is 0.230. The molecule has 0 amide bonds. The van der Waals surface area contributed by atoms with Gasteiger partial charge in [0, 0.05) is 16.9 Å². The molecule has 0 fully saturated rings. The average molecular weight is 426 g/mol. The van der Waals surface area contributed by atoms with Gasteiger partial charge in [0.15, 0.2) is 0 Å². The van der Waals surface area contributed by atoms with E-state index in [1.54, 1.807) is 12.1 Å². The maximum Gasteiger partial charge on any atom is 0.458 e. The van der Waals surface area contributed by atoms with Gasteiger partial charge in [-0.05, 0) is 40.3 Å². The number of rotatable bonds is 2. The minimum atomic E-state index is -4.87. The maximum atomic E-state index is 14.8. The third-order valence-corrected chi connectivity index (χ3v) is 4.75. The van der Waals surface area contributed by atoms with E-state index < -0.39 is 29.2 Å². The SMILES string of the molecule is Fc1cc(-c2ccccc2)ccc1-c1ccc2c(F)c(C#CC(F)(F)F)c(F)cc2c1. The van der Waals surface area contributed by atoms with Crippen molar-refractivity contribution in [2.24, 2.45) is 0 Å². The first-order valence-corrected chi connectivity index (χ1v) is 9.10. The molecule has 31 heavy (non-hydrogen) atoms. The molecule has 0 radical (unpaired) electrons. The summed E-state index contributed by atoms with van der Waals surface area (Å²) in [6, 6.07) is 18.8. The van der Waals surface area contributed by atoms with E-state index >= 15 is 0 Å². The van der Waals surface area contributed by atoms with Gasteiger partial charge in [-0.2, -0.15) is 13.2 Å². The highest BCUT2D eigenvalue weighted by atomic mass is 19.4. The predicted octanol–water partition coefficient (Wildman–Crippen LogP) is 7.50. The van der Waals surface area contributed by atoms with Crippen LogP contribution in [0.1, 0.15) is 5.56 Å². The number of hydrogen-bond donors (Lipinski definition) is 0. The highest BCUT2D eigenvalue weighted by molar-refractivity contribution is 5.89. The topological polar surface area (TPSA) is 0 Å². The van der Waals surface area contributed by atoms with Crippen LogP contribution in [-0.2, 0) is 0 Å². The van der Waals surface area contributed by atoms with E-state index in [0.717, 1.165) is 17.6 Å². The maximum absolute atomic E-state index is 14.8. The lowest BCUT2D eigenvalue weighted by Crippen LogP contribution is -2.02. The van der Waals surface area contributed by atoms with Crippen molar-refractivity contribution in [1.29, 1.82) is 0 Å². The second-order valence-electron chi connectivity index (χ2n) is 6.79. The van der Waals surface area contributed by atoms with Crippen molar-refractivity contribution >= 4 is 10.8 Å². The Hall–Kier alpha value is -3.72. The molecule has 0 atom stereocenters. The first-order chi connectivity index (χ1) is 14.7. The summed E-state index contributed by atoms with van der Waals surface area (Å²) in [7, 11) is 0. The standard InChI is InChI=1S/C25H12F6/c26-22-13-16(15-4-2-1-3-5-15)6-8-19(22)17-7-9-20-18(12-17)14-23(27)21(24(20)28)10-11-25(29,30)31/h1-9,12-14H. The number of halogens is 6. The van der Waals surface area contributed by atoms with Crippen LogP contribution in [0.2, 0.25) is 0 Å². The van der Waals surface area contributed by atoms with Gasteiger partial charge in [0.1, 0.15) is 17.5 Å². The summed E-state index contributed by atoms with van der Waals surface area (Å²) in [5, 5.41) is -0.0328. The second kappa shape index (κ2) is 7.84. The van der Waals surface area contributed by atoms with E-state index in [1.165, 1.54) is 30.2 Å². The van der Waals surface area contributed by atoms with Gasteiger partial charge in [0.25, 0.3) is 0 Å². The summed E-state index contributed by atoms with van der Waals surface area (Å²) in [5.41, 5.74) is 1.15. The van der Waals surface area contributed by atoms with E-state index in [1.807, 2.05) is 30.3 Å². The Balaban J connectivity index is 1.77. The number of benzene rings is 4. The van der Waals surface area contributed by atoms with Gasteiger partial charge in [0.2, 0.25) is 0 Å². The molecular formula is C25H12F6. The van der Waals surface area contributed by atoms with Crippen LogP contribution >= 0.6 is 0 Å². The highest BCUT2D eigenvalue weighted by Gasteiger charge is 2.24. The van der Waals surface area contributed by atoms with E-state index in [2.05, 4.69) is 0 Å². The normalized spacial score (nSPS) is 11.3. The van der Waals surface area contributed by atoms with E-state index in [-0.39, 0.29) is 16.3 Å². The molecular weight excluding hydrogens is 414 g/mol. The molecule has 0 aliphatic heterocycles. The van der Waals surface area contributed by atoms with Gasteiger partial charge in [-0.15, -0.1) is 0 Å².